The zero-order chi connectivity index (χ0) is 23.3. The molecular formula is C22H28FN3O5S. The Kier molecular flexibility index (Phi) is 5.81. The first-order chi connectivity index (χ1) is 15.1. The molecule has 2 aromatic rings. The Labute approximate surface area is 186 Å². The van der Waals surface area contributed by atoms with E-state index in [1.165, 1.54) is 6.07 Å². The van der Waals surface area contributed by atoms with Crippen molar-refractivity contribution in [1.82, 2.24) is 4.57 Å². The van der Waals surface area contributed by atoms with Crippen molar-refractivity contribution in [2.75, 3.05) is 16.6 Å². The summed E-state index contributed by atoms with van der Waals surface area (Å²) in [6, 6.07) is 4.63. The van der Waals surface area contributed by atoms with E-state index in [1.54, 1.807) is 30.5 Å². The number of aliphatic hydroxyl groups is 2. The third-order valence-electron chi connectivity index (χ3n) is 6.42. The molecule has 174 valence electrons. The highest BCUT2D eigenvalue weighted by Gasteiger charge is 2.55. The summed E-state index contributed by atoms with van der Waals surface area (Å²) in [5.41, 5.74) is 1.94. The molecule has 32 heavy (non-hydrogen) atoms. The van der Waals surface area contributed by atoms with Crippen molar-refractivity contribution in [2.24, 2.45) is 0 Å². The summed E-state index contributed by atoms with van der Waals surface area (Å²) in [5, 5.41) is 22.0. The molecule has 1 unspecified atom stereocenters. The maximum Gasteiger partial charge on any atom is 0.255 e. The zero-order valence-electron chi connectivity index (χ0n) is 18.1. The highest BCUT2D eigenvalue weighted by atomic mass is 32.2. The first kappa shape index (κ1) is 22.8. The highest BCUT2D eigenvalue weighted by molar-refractivity contribution is 7.94. The summed E-state index contributed by atoms with van der Waals surface area (Å²) in [6.45, 7) is 3.31. The van der Waals surface area contributed by atoms with E-state index in [1.807, 2.05) is 0 Å². The van der Waals surface area contributed by atoms with E-state index in [4.69, 9.17) is 0 Å². The minimum atomic E-state index is -3.96. The normalized spacial score (nSPS) is 17.7. The van der Waals surface area contributed by atoms with Crippen molar-refractivity contribution in [1.29, 1.82) is 0 Å². The number of nitrogens with one attached hydrogen (secondary N) is 2. The number of aliphatic hydroxyl groups excluding tert-OH is 2. The number of benzene rings is 1. The molecule has 4 N–H and O–H groups in total. The van der Waals surface area contributed by atoms with Crippen LogP contribution in [0.25, 0.3) is 0 Å². The van der Waals surface area contributed by atoms with Gasteiger partial charge in [0.2, 0.25) is 10.0 Å². The summed E-state index contributed by atoms with van der Waals surface area (Å²) in [5.74, 6) is -0.511. The van der Waals surface area contributed by atoms with Crippen LogP contribution in [0, 0.1) is 19.7 Å². The second-order valence-electron chi connectivity index (χ2n) is 8.82. The molecule has 10 heteroatoms. The van der Waals surface area contributed by atoms with Crippen LogP contribution in [0.5, 0.6) is 0 Å². The number of anilines is 3. The van der Waals surface area contributed by atoms with Gasteiger partial charge in [0, 0.05) is 17.8 Å². The molecule has 0 radical (unpaired) electrons. The van der Waals surface area contributed by atoms with E-state index in [9.17, 15) is 27.8 Å². The van der Waals surface area contributed by atoms with Gasteiger partial charge in [-0.25, -0.2) is 12.8 Å². The van der Waals surface area contributed by atoms with E-state index in [2.05, 4.69) is 10.0 Å². The Bertz CT molecular complexity index is 1220. The number of hydrogen-bond donors (Lipinski definition) is 4. The number of rotatable bonds is 8. The smallest absolute Gasteiger partial charge is 0.255 e. The van der Waals surface area contributed by atoms with Crippen LogP contribution in [0.1, 0.15) is 42.5 Å². The molecule has 1 atom stereocenters. The maximum absolute atomic E-state index is 14.6. The van der Waals surface area contributed by atoms with Gasteiger partial charge < -0.3 is 20.1 Å². The van der Waals surface area contributed by atoms with E-state index in [-0.39, 0.29) is 34.6 Å². The maximum atomic E-state index is 14.6. The number of halogens is 1. The van der Waals surface area contributed by atoms with Gasteiger partial charge in [-0.2, -0.15) is 0 Å². The Hall–Kier alpha value is -2.43. The number of pyridine rings is 1. The molecule has 0 saturated heterocycles. The molecule has 8 nitrogen and oxygen atoms in total. The lowest BCUT2D eigenvalue weighted by molar-refractivity contribution is 0.0858. The predicted molar refractivity (Wildman–Crippen MR) is 120 cm³/mol. The predicted octanol–water partition coefficient (Wildman–Crippen LogP) is 2.31. The van der Waals surface area contributed by atoms with Crippen LogP contribution in [-0.2, 0) is 23.0 Å². The fraction of sp³-hybridized carbons (Fsp3) is 0.500. The molecule has 4 rings (SSSR count). The number of aryl methyl sites for hydroxylation is 1. The van der Waals surface area contributed by atoms with Crippen molar-refractivity contribution in [3.8, 4) is 0 Å². The number of fused-ring (bicyclic) bond motifs is 1. The SMILES string of the molecule is Cc1ccc(Nc2c(NS(=O)(=O)C3(CC(O)CO)CC3)c3n(c(=O)c2C)CCC3)c(F)c1. The Morgan fingerprint density at radius 1 is 1.25 bits per heavy atom. The molecule has 1 aromatic heterocycles. The second-order valence-corrected chi connectivity index (χ2v) is 10.9. The standard InChI is InChI=1S/C22H28FN3O5S/c1-13-5-6-17(16(23)10-13)24-19-14(2)21(29)26-9-3-4-18(26)20(19)25-32(30,31)22(7-8-22)11-15(28)12-27/h5-6,10,15,24-25,27-28H,3-4,7-9,11-12H2,1-2H3. The average Bonchev–Trinajstić information content (AvgIpc) is 3.36. The summed E-state index contributed by atoms with van der Waals surface area (Å²) in [7, 11) is -3.96. The first-order valence-corrected chi connectivity index (χ1v) is 12.2. The van der Waals surface area contributed by atoms with Gasteiger partial charge in [0.25, 0.3) is 5.56 Å². The van der Waals surface area contributed by atoms with Crippen LogP contribution in [0.3, 0.4) is 0 Å². The van der Waals surface area contributed by atoms with Crippen LogP contribution in [0.15, 0.2) is 23.0 Å². The van der Waals surface area contributed by atoms with Crippen LogP contribution in [0.4, 0.5) is 21.5 Å². The molecule has 1 aliphatic carbocycles. The largest absolute Gasteiger partial charge is 0.394 e. The second kappa shape index (κ2) is 8.17. The summed E-state index contributed by atoms with van der Waals surface area (Å²) < 4.78 is 44.3. The molecule has 0 amide bonds. The van der Waals surface area contributed by atoms with Gasteiger partial charge in [-0.15, -0.1) is 0 Å². The third-order valence-corrected chi connectivity index (χ3v) is 8.61. The number of nitrogens with zero attached hydrogens (tertiary/aromatic N) is 1. The molecule has 1 fully saturated rings. The van der Waals surface area contributed by atoms with Crippen LogP contribution >= 0.6 is 0 Å². The van der Waals surface area contributed by atoms with E-state index in [0.29, 0.717) is 37.9 Å². The van der Waals surface area contributed by atoms with Crippen molar-refractivity contribution in [3.05, 3.63) is 51.2 Å². The van der Waals surface area contributed by atoms with Crippen molar-refractivity contribution < 1.29 is 23.0 Å². The van der Waals surface area contributed by atoms with Crippen LogP contribution in [0.2, 0.25) is 0 Å². The van der Waals surface area contributed by atoms with Gasteiger partial charge in [0.1, 0.15) is 5.82 Å². The lowest BCUT2D eigenvalue weighted by Crippen LogP contribution is -2.35. The molecular weight excluding hydrogens is 437 g/mol. The van der Waals surface area contributed by atoms with Crippen LogP contribution < -0.4 is 15.6 Å². The Morgan fingerprint density at radius 3 is 2.59 bits per heavy atom. The van der Waals surface area contributed by atoms with Gasteiger partial charge in [0.15, 0.2) is 0 Å². The molecule has 0 bridgehead atoms. The Morgan fingerprint density at radius 2 is 1.97 bits per heavy atom. The van der Waals surface area contributed by atoms with Gasteiger partial charge in [-0.1, -0.05) is 6.07 Å². The van der Waals surface area contributed by atoms with Gasteiger partial charge in [0.05, 0.1) is 34.5 Å². The first-order valence-electron chi connectivity index (χ1n) is 10.7. The number of sulfonamides is 1. The van der Waals surface area contributed by atoms with Gasteiger partial charge >= 0.3 is 0 Å². The van der Waals surface area contributed by atoms with E-state index >= 15 is 0 Å². The molecule has 1 aromatic carbocycles. The van der Waals surface area contributed by atoms with Crippen LogP contribution in [-0.4, -0.2) is 40.7 Å². The third kappa shape index (κ3) is 3.91. The zero-order valence-corrected chi connectivity index (χ0v) is 18.9. The topological polar surface area (TPSA) is 121 Å². The number of aromatic nitrogens is 1. The highest BCUT2D eigenvalue weighted by Crippen LogP contribution is 2.49. The quantitative estimate of drug-likeness (QED) is 0.475. The van der Waals surface area contributed by atoms with E-state index in [0.717, 1.165) is 5.56 Å². The minimum Gasteiger partial charge on any atom is -0.394 e. The molecule has 2 aliphatic rings. The van der Waals surface area contributed by atoms with Crippen molar-refractivity contribution >= 4 is 27.1 Å². The molecule has 2 heterocycles. The molecule has 1 aliphatic heterocycles. The summed E-state index contributed by atoms with van der Waals surface area (Å²) in [4.78, 5) is 12.9. The summed E-state index contributed by atoms with van der Waals surface area (Å²) >= 11 is 0. The Balaban J connectivity index is 1.80. The lowest BCUT2D eigenvalue weighted by atomic mass is 10.1. The van der Waals surface area contributed by atoms with Crippen molar-refractivity contribution in [2.45, 2.75) is 63.3 Å². The lowest BCUT2D eigenvalue weighted by Gasteiger charge is -2.24. The minimum absolute atomic E-state index is 0.0812. The van der Waals surface area contributed by atoms with Gasteiger partial charge in [-0.05, 0) is 63.6 Å². The average molecular weight is 466 g/mol. The number of hydrogen-bond acceptors (Lipinski definition) is 6. The van der Waals surface area contributed by atoms with Crippen molar-refractivity contribution in [3.63, 3.8) is 0 Å². The van der Waals surface area contributed by atoms with Gasteiger partial charge in [-0.3, -0.25) is 9.52 Å². The fourth-order valence-electron chi connectivity index (χ4n) is 4.38. The van der Waals surface area contributed by atoms with E-state index < -0.39 is 33.3 Å². The summed E-state index contributed by atoms with van der Waals surface area (Å²) in [6.07, 6.45) is 0.706. The molecule has 1 saturated carbocycles. The fourth-order valence-corrected chi connectivity index (χ4v) is 6.14. The monoisotopic (exact) mass is 465 g/mol. The molecule has 0 spiro atoms.